The van der Waals surface area contributed by atoms with E-state index < -0.39 is 10.0 Å². The monoisotopic (exact) mass is 249 g/mol. The van der Waals surface area contributed by atoms with Gasteiger partial charge < -0.3 is 5.11 Å². The summed E-state index contributed by atoms with van der Waals surface area (Å²) in [6, 6.07) is 0.140. The lowest BCUT2D eigenvalue weighted by molar-refractivity contribution is 0.286. The average molecular weight is 249 g/mol. The molecule has 0 aromatic rings. The van der Waals surface area contributed by atoms with Crippen molar-refractivity contribution in [3.63, 3.8) is 0 Å². The zero-order chi connectivity index (χ0) is 12.0. The van der Waals surface area contributed by atoms with Crippen LogP contribution in [-0.2, 0) is 10.0 Å². The first-order valence-corrected chi connectivity index (χ1v) is 7.79. The first-order chi connectivity index (χ1) is 7.58. The maximum absolute atomic E-state index is 12.1. The third-order valence-electron chi connectivity index (χ3n) is 3.16. The van der Waals surface area contributed by atoms with Gasteiger partial charge in [-0.1, -0.05) is 12.8 Å². The van der Waals surface area contributed by atoms with Crippen LogP contribution in [0.2, 0.25) is 0 Å². The summed E-state index contributed by atoms with van der Waals surface area (Å²) in [6.45, 7) is 2.74. The van der Waals surface area contributed by atoms with Crippen LogP contribution in [0.1, 0.15) is 45.4 Å². The van der Waals surface area contributed by atoms with E-state index in [-0.39, 0.29) is 18.4 Å². The van der Waals surface area contributed by atoms with E-state index in [2.05, 4.69) is 0 Å². The predicted octanol–water partition coefficient (Wildman–Crippen LogP) is 1.35. The highest BCUT2D eigenvalue weighted by molar-refractivity contribution is 7.89. The van der Waals surface area contributed by atoms with Gasteiger partial charge in [-0.15, -0.1) is 0 Å². The second kappa shape index (κ2) is 6.57. The Hall–Kier alpha value is -0.130. The van der Waals surface area contributed by atoms with Gasteiger partial charge in [0, 0.05) is 19.2 Å². The topological polar surface area (TPSA) is 57.6 Å². The fourth-order valence-corrected chi connectivity index (χ4v) is 4.04. The van der Waals surface area contributed by atoms with Crippen molar-refractivity contribution < 1.29 is 13.5 Å². The zero-order valence-electron chi connectivity index (χ0n) is 10.1. The summed E-state index contributed by atoms with van der Waals surface area (Å²) in [6.07, 6.45) is 5.34. The SMILES string of the molecule is CC1CCCCCN1S(=O)(=O)CCCCO. The minimum atomic E-state index is -3.11. The van der Waals surface area contributed by atoms with Gasteiger partial charge in [-0.3, -0.25) is 0 Å². The van der Waals surface area contributed by atoms with Crippen molar-refractivity contribution >= 4 is 10.0 Å². The molecule has 1 aliphatic rings. The van der Waals surface area contributed by atoms with Gasteiger partial charge in [0.1, 0.15) is 0 Å². The summed E-state index contributed by atoms with van der Waals surface area (Å²) in [4.78, 5) is 0. The van der Waals surface area contributed by atoms with Crippen LogP contribution in [0.15, 0.2) is 0 Å². The Morgan fingerprint density at radius 3 is 2.69 bits per heavy atom. The normalized spacial score (nSPS) is 24.2. The molecule has 0 aliphatic carbocycles. The molecule has 96 valence electrons. The maximum Gasteiger partial charge on any atom is 0.214 e. The van der Waals surface area contributed by atoms with Gasteiger partial charge in [0.25, 0.3) is 0 Å². The highest BCUT2D eigenvalue weighted by atomic mass is 32.2. The van der Waals surface area contributed by atoms with Crippen LogP contribution in [0.5, 0.6) is 0 Å². The van der Waals surface area contributed by atoms with Crippen LogP contribution < -0.4 is 0 Å². The highest BCUT2D eigenvalue weighted by Gasteiger charge is 2.27. The fourth-order valence-electron chi connectivity index (χ4n) is 2.18. The Bertz CT molecular complexity index is 290. The van der Waals surface area contributed by atoms with Crippen molar-refractivity contribution in [3.8, 4) is 0 Å². The Balaban J connectivity index is 2.57. The van der Waals surface area contributed by atoms with Crippen molar-refractivity contribution in [1.29, 1.82) is 0 Å². The number of sulfonamides is 1. The second-order valence-electron chi connectivity index (χ2n) is 4.56. The lowest BCUT2D eigenvalue weighted by atomic mass is 10.1. The molecule has 5 heteroatoms. The standard InChI is InChI=1S/C11H23NO3S/c1-11-7-3-2-4-8-12(11)16(14,15)10-6-5-9-13/h11,13H,2-10H2,1H3. The van der Waals surface area contributed by atoms with Crippen LogP contribution in [0.3, 0.4) is 0 Å². The molecular formula is C11H23NO3S. The Kier molecular flexibility index (Phi) is 5.72. The molecule has 0 radical (unpaired) electrons. The number of unbranched alkanes of at least 4 members (excludes halogenated alkanes) is 1. The second-order valence-corrected chi connectivity index (χ2v) is 6.60. The largest absolute Gasteiger partial charge is 0.396 e. The fraction of sp³-hybridized carbons (Fsp3) is 1.00. The molecule has 4 nitrogen and oxygen atoms in total. The molecule has 16 heavy (non-hydrogen) atoms. The van der Waals surface area contributed by atoms with Gasteiger partial charge in [-0.05, 0) is 32.6 Å². The van der Waals surface area contributed by atoms with Crippen LogP contribution >= 0.6 is 0 Å². The van der Waals surface area contributed by atoms with Crippen LogP contribution in [0, 0.1) is 0 Å². The zero-order valence-corrected chi connectivity index (χ0v) is 10.9. The molecule has 0 spiro atoms. The molecule has 0 saturated carbocycles. The van der Waals surface area contributed by atoms with Crippen molar-refractivity contribution in [1.82, 2.24) is 4.31 Å². The molecule has 0 bridgehead atoms. The number of hydrogen-bond donors (Lipinski definition) is 1. The maximum atomic E-state index is 12.1. The molecule has 1 aliphatic heterocycles. The summed E-state index contributed by atoms with van der Waals surface area (Å²) in [7, 11) is -3.11. The number of hydrogen-bond acceptors (Lipinski definition) is 3. The van der Waals surface area contributed by atoms with E-state index in [1.54, 1.807) is 4.31 Å². The van der Waals surface area contributed by atoms with Gasteiger partial charge in [0.2, 0.25) is 10.0 Å². The molecule has 1 saturated heterocycles. The lowest BCUT2D eigenvalue weighted by Crippen LogP contribution is -2.39. The number of aliphatic hydroxyl groups excluding tert-OH is 1. The molecule has 1 unspecified atom stereocenters. The molecule has 1 rings (SSSR count). The molecule has 0 aromatic carbocycles. The van der Waals surface area contributed by atoms with Crippen LogP contribution in [0.4, 0.5) is 0 Å². The van der Waals surface area contributed by atoms with Gasteiger partial charge >= 0.3 is 0 Å². The molecule has 1 heterocycles. The van der Waals surface area contributed by atoms with E-state index in [1.165, 1.54) is 0 Å². The third-order valence-corrected chi connectivity index (χ3v) is 5.22. The van der Waals surface area contributed by atoms with Gasteiger partial charge in [0.15, 0.2) is 0 Å². The van der Waals surface area contributed by atoms with Crippen molar-refractivity contribution in [3.05, 3.63) is 0 Å². The summed E-state index contributed by atoms with van der Waals surface area (Å²) >= 11 is 0. The number of rotatable bonds is 5. The summed E-state index contributed by atoms with van der Waals surface area (Å²) in [5.74, 6) is 0.178. The van der Waals surface area contributed by atoms with Gasteiger partial charge in [-0.2, -0.15) is 4.31 Å². The van der Waals surface area contributed by atoms with E-state index >= 15 is 0 Å². The first-order valence-electron chi connectivity index (χ1n) is 6.18. The van der Waals surface area contributed by atoms with Crippen molar-refractivity contribution in [2.75, 3.05) is 18.9 Å². The van der Waals surface area contributed by atoms with Crippen molar-refractivity contribution in [2.24, 2.45) is 0 Å². The van der Waals surface area contributed by atoms with Crippen LogP contribution in [-0.4, -0.2) is 42.8 Å². The summed E-state index contributed by atoms with van der Waals surface area (Å²) in [5.41, 5.74) is 0. The Labute approximate surface area is 98.7 Å². The molecule has 1 atom stereocenters. The van der Waals surface area contributed by atoms with E-state index in [0.717, 1.165) is 25.7 Å². The molecule has 1 fully saturated rings. The van der Waals surface area contributed by atoms with E-state index in [4.69, 9.17) is 5.11 Å². The van der Waals surface area contributed by atoms with Gasteiger partial charge in [-0.25, -0.2) is 8.42 Å². The van der Waals surface area contributed by atoms with Crippen molar-refractivity contribution in [2.45, 2.75) is 51.5 Å². The average Bonchev–Trinajstić information content (AvgIpc) is 2.43. The molecule has 0 aromatic heterocycles. The van der Waals surface area contributed by atoms with E-state index in [0.29, 0.717) is 19.4 Å². The number of nitrogens with zero attached hydrogens (tertiary/aromatic N) is 1. The number of aliphatic hydroxyl groups is 1. The minimum Gasteiger partial charge on any atom is -0.396 e. The third kappa shape index (κ3) is 4.03. The van der Waals surface area contributed by atoms with Crippen LogP contribution in [0.25, 0.3) is 0 Å². The predicted molar refractivity (Wildman–Crippen MR) is 64.7 cm³/mol. The Morgan fingerprint density at radius 1 is 1.25 bits per heavy atom. The smallest absolute Gasteiger partial charge is 0.214 e. The Morgan fingerprint density at radius 2 is 2.00 bits per heavy atom. The van der Waals surface area contributed by atoms with E-state index in [1.807, 2.05) is 6.92 Å². The lowest BCUT2D eigenvalue weighted by Gasteiger charge is -2.26. The van der Waals surface area contributed by atoms with Gasteiger partial charge in [0.05, 0.1) is 5.75 Å². The highest BCUT2D eigenvalue weighted by Crippen LogP contribution is 2.20. The van der Waals surface area contributed by atoms with E-state index in [9.17, 15) is 8.42 Å². The minimum absolute atomic E-state index is 0.0745. The summed E-state index contributed by atoms with van der Waals surface area (Å²) in [5, 5.41) is 8.66. The molecule has 0 amide bonds. The molecular weight excluding hydrogens is 226 g/mol. The molecule has 1 N–H and O–H groups in total. The first kappa shape index (κ1) is 13.9. The summed E-state index contributed by atoms with van der Waals surface area (Å²) < 4.78 is 25.8. The quantitative estimate of drug-likeness (QED) is 0.748.